The summed E-state index contributed by atoms with van der Waals surface area (Å²) in [5.74, 6) is -0.0928. The second kappa shape index (κ2) is 7.38. The zero-order chi connectivity index (χ0) is 17.7. The quantitative estimate of drug-likeness (QED) is 0.725. The van der Waals surface area contributed by atoms with Crippen molar-refractivity contribution in [3.05, 3.63) is 71.8 Å². The molecule has 3 rings (SSSR count). The first kappa shape index (κ1) is 17.0. The maximum Gasteiger partial charge on any atom is 0.312 e. The van der Waals surface area contributed by atoms with E-state index in [-0.39, 0.29) is 17.7 Å². The zero-order valence-corrected chi connectivity index (χ0v) is 14.1. The number of amides is 3. The van der Waals surface area contributed by atoms with Crippen LogP contribution in [-0.2, 0) is 10.2 Å². The molecule has 0 aromatic heterocycles. The number of hydrogen-bond donors (Lipinski definition) is 3. The van der Waals surface area contributed by atoms with Crippen molar-refractivity contribution in [3.63, 3.8) is 0 Å². The van der Waals surface area contributed by atoms with Crippen molar-refractivity contribution in [2.24, 2.45) is 5.73 Å². The van der Waals surface area contributed by atoms with Crippen LogP contribution in [0.3, 0.4) is 0 Å². The summed E-state index contributed by atoms with van der Waals surface area (Å²) in [5, 5.41) is 5.68. The van der Waals surface area contributed by atoms with Crippen molar-refractivity contribution in [3.8, 4) is 0 Å². The molecular weight excluding hydrogens is 314 g/mol. The van der Waals surface area contributed by atoms with Gasteiger partial charge in [0.2, 0.25) is 5.91 Å². The Bertz CT molecular complexity index is 727. The predicted molar refractivity (Wildman–Crippen MR) is 96.9 cm³/mol. The van der Waals surface area contributed by atoms with E-state index in [2.05, 4.69) is 22.8 Å². The summed E-state index contributed by atoms with van der Waals surface area (Å²) in [4.78, 5) is 23.7. The lowest BCUT2D eigenvalue weighted by molar-refractivity contribution is -0.121. The molecule has 0 unspecified atom stereocenters. The zero-order valence-electron chi connectivity index (χ0n) is 14.1. The first-order valence-electron chi connectivity index (χ1n) is 8.52. The van der Waals surface area contributed by atoms with Crippen molar-refractivity contribution < 1.29 is 9.59 Å². The number of primary amides is 1. The molecule has 5 nitrogen and oxygen atoms in total. The summed E-state index contributed by atoms with van der Waals surface area (Å²) in [6.07, 6.45) is 2.33. The molecule has 25 heavy (non-hydrogen) atoms. The van der Waals surface area contributed by atoms with E-state index in [1.54, 1.807) is 0 Å². The van der Waals surface area contributed by atoms with E-state index in [0.717, 1.165) is 18.4 Å². The van der Waals surface area contributed by atoms with Crippen molar-refractivity contribution in [1.82, 2.24) is 10.6 Å². The molecule has 3 amide bonds. The molecule has 2 aromatic rings. The standard InChI is InChI=1S/C20H23N3O2/c21-19(25)23-17(15-7-3-1-4-8-15)13-18(24)22-14-20(11-12-20)16-9-5-2-6-10-16/h1-10,17H,11-14H2,(H,22,24)(H3,21,23,25)/t17-/m1/s1. The number of nitrogens with one attached hydrogen (secondary N) is 2. The molecule has 0 spiro atoms. The minimum absolute atomic E-state index is 0.0658. The molecule has 1 fully saturated rings. The fraction of sp³-hybridized carbons (Fsp3) is 0.300. The maximum absolute atomic E-state index is 12.4. The van der Waals surface area contributed by atoms with Gasteiger partial charge in [-0.25, -0.2) is 4.79 Å². The number of rotatable bonds is 7. The Balaban J connectivity index is 1.60. The monoisotopic (exact) mass is 337 g/mol. The average Bonchev–Trinajstić information content (AvgIpc) is 3.42. The van der Waals surface area contributed by atoms with Gasteiger partial charge in [-0.2, -0.15) is 0 Å². The van der Waals surface area contributed by atoms with E-state index < -0.39 is 12.1 Å². The summed E-state index contributed by atoms with van der Waals surface area (Å²) < 4.78 is 0. The molecular formula is C20H23N3O2. The van der Waals surface area contributed by atoms with Gasteiger partial charge < -0.3 is 16.4 Å². The van der Waals surface area contributed by atoms with Gasteiger partial charge in [0.15, 0.2) is 0 Å². The molecule has 0 heterocycles. The fourth-order valence-electron chi connectivity index (χ4n) is 3.14. The molecule has 0 saturated heterocycles. The molecule has 0 bridgehead atoms. The second-order valence-corrected chi connectivity index (χ2v) is 6.60. The van der Waals surface area contributed by atoms with Gasteiger partial charge in [-0.15, -0.1) is 0 Å². The largest absolute Gasteiger partial charge is 0.355 e. The summed E-state index contributed by atoms with van der Waals surface area (Å²) >= 11 is 0. The van der Waals surface area contributed by atoms with Crippen LogP contribution in [0.1, 0.15) is 36.4 Å². The number of benzene rings is 2. The number of nitrogens with two attached hydrogens (primary N) is 1. The minimum atomic E-state index is -0.635. The van der Waals surface area contributed by atoms with Crippen LogP contribution in [0.25, 0.3) is 0 Å². The van der Waals surface area contributed by atoms with Crippen LogP contribution in [0.2, 0.25) is 0 Å². The Morgan fingerprint density at radius 2 is 1.60 bits per heavy atom. The highest BCUT2D eigenvalue weighted by Crippen LogP contribution is 2.47. The number of carbonyl (C=O) groups excluding carboxylic acids is 2. The van der Waals surface area contributed by atoms with Crippen LogP contribution < -0.4 is 16.4 Å². The van der Waals surface area contributed by atoms with Crippen molar-refractivity contribution in [2.45, 2.75) is 30.7 Å². The summed E-state index contributed by atoms with van der Waals surface area (Å²) in [7, 11) is 0. The van der Waals surface area contributed by atoms with E-state index in [9.17, 15) is 9.59 Å². The highest BCUT2D eigenvalue weighted by atomic mass is 16.2. The Morgan fingerprint density at radius 1 is 1.00 bits per heavy atom. The molecule has 1 aliphatic rings. The van der Waals surface area contributed by atoms with Gasteiger partial charge in [0.25, 0.3) is 0 Å². The number of urea groups is 1. The molecule has 130 valence electrons. The lowest BCUT2D eigenvalue weighted by Gasteiger charge is -2.20. The predicted octanol–water partition coefficient (Wildman–Crippen LogP) is 2.63. The van der Waals surface area contributed by atoms with Crippen molar-refractivity contribution >= 4 is 11.9 Å². The second-order valence-electron chi connectivity index (χ2n) is 6.60. The average molecular weight is 337 g/mol. The Morgan fingerprint density at radius 3 is 2.16 bits per heavy atom. The van der Waals surface area contributed by atoms with Gasteiger partial charge >= 0.3 is 6.03 Å². The van der Waals surface area contributed by atoms with Crippen molar-refractivity contribution in [2.75, 3.05) is 6.54 Å². The first-order chi connectivity index (χ1) is 12.1. The van der Waals surface area contributed by atoms with Crippen LogP contribution >= 0.6 is 0 Å². The maximum atomic E-state index is 12.4. The third kappa shape index (κ3) is 4.38. The highest BCUT2D eigenvalue weighted by Gasteiger charge is 2.44. The third-order valence-electron chi connectivity index (χ3n) is 4.77. The van der Waals surface area contributed by atoms with Crippen molar-refractivity contribution in [1.29, 1.82) is 0 Å². The smallest absolute Gasteiger partial charge is 0.312 e. The van der Waals surface area contributed by atoms with E-state index in [4.69, 9.17) is 5.73 Å². The molecule has 4 N–H and O–H groups in total. The number of carbonyl (C=O) groups is 2. The molecule has 1 saturated carbocycles. The Kier molecular flexibility index (Phi) is 5.03. The van der Waals surface area contributed by atoms with Gasteiger partial charge in [0, 0.05) is 12.0 Å². The SMILES string of the molecule is NC(=O)N[C@H](CC(=O)NCC1(c2ccccc2)CC1)c1ccccc1. The molecule has 1 atom stereocenters. The normalized spacial score (nSPS) is 15.8. The third-order valence-corrected chi connectivity index (χ3v) is 4.77. The Labute approximate surface area is 147 Å². The summed E-state index contributed by atoms with van der Waals surface area (Å²) in [6, 6.07) is 18.6. The molecule has 5 heteroatoms. The van der Waals surface area contributed by atoms with E-state index in [1.807, 2.05) is 48.5 Å². The van der Waals surface area contributed by atoms with Gasteiger partial charge in [-0.05, 0) is 24.0 Å². The van der Waals surface area contributed by atoms with Gasteiger partial charge in [-0.1, -0.05) is 60.7 Å². The molecule has 0 aliphatic heterocycles. The molecule has 0 radical (unpaired) electrons. The van der Waals surface area contributed by atoms with Crippen LogP contribution in [0.5, 0.6) is 0 Å². The summed E-state index contributed by atoms with van der Waals surface area (Å²) in [5.41, 5.74) is 7.45. The van der Waals surface area contributed by atoms with Crippen LogP contribution in [0.15, 0.2) is 60.7 Å². The van der Waals surface area contributed by atoms with Gasteiger partial charge in [-0.3, -0.25) is 4.79 Å². The lowest BCUT2D eigenvalue weighted by atomic mass is 9.96. The van der Waals surface area contributed by atoms with E-state index in [0.29, 0.717) is 6.54 Å². The highest BCUT2D eigenvalue weighted by molar-refractivity contribution is 5.79. The minimum Gasteiger partial charge on any atom is -0.355 e. The van der Waals surface area contributed by atoms with Gasteiger partial charge in [0.1, 0.15) is 0 Å². The van der Waals surface area contributed by atoms with Crippen LogP contribution in [-0.4, -0.2) is 18.5 Å². The molecule has 2 aromatic carbocycles. The summed E-state index contributed by atoms with van der Waals surface area (Å²) in [6.45, 7) is 0.619. The van der Waals surface area contributed by atoms with Crippen LogP contribution in [0, 0.1) is 0 Å². The van der Waals surface area contributed by atoms with Gasteiger partial charge in [0.05, 0.1) is 12.5 Å². The first-order valence-corrected chi connectivity index (χ1v) is 8.52. The molecule has 1 aliphatic carbocycles. The van der Waals surface area contributed by atoms with E-state index >= 15 is 0 Å². The van der Waals surface area contributed by atoms with Crippen LogP contribution in [0.4, 0.5) is 4.79 Å². The Hall–Kier alpha value is -2.82. The van der Waals surface area contributed by atoms with E-state index in [1.165, 1.54) is 5.56 Å². The number of hydrogen-bond acceptors (Lipinski definition) is 2. The lowest BCUT2D eigenvalue weighted by Crippen LogP contribution is -2.38. The fourth-order valence-corrected chi connectivity index (χ4v) is 3.14. The topological polar surface area (TPSA) is 84.2 Å².